The molecule has 0 aromatic rings. The summed E-state index contributed by atoms with van der Waals surface area (Å²) in [5.41, 5.74) is 0. The lowest BCUT2D eigenvalue weighted by atomic mass is 10.0. The normalized spacial score (nSPS) is 25.0. The Morgan fingerprint density at radius 2 is 2.38 bits per heavy atom. The molecule has 1 aliphatic heterocycles. The number of nitrogens with one attached hydrogen (secondary N) is 1. The van der Waals surface area contributed by atoms with Crippen LogP contribution in [0.25, 0.3) is 0 Å². The van der Waals surface area contributed by atoms with Crippen LogP contribution in [0.5, 0.6) is 0 Å². The van der Waals surface area contributed by atoms with Crippen molar-refractivity contribution < 1.29 is 9.90 Å². The number of carbonyl (C=O) groups is 1. The molecule has 1 fully saturated rings. The quantitative estimate of drug-likeness (QED) is 0.651. The van der Waals surface area contributed by atoms with E-state index in [1.165, 1.54) is 0 Å². The fourth-order valence-corrected chi connectivity index (χ4v) is 1.79. The maximum Gasteiger partial charge on any atom is 0.317 e. The van der Waals surface area contributed by atoms with Gasteiger partial charge in [-0.15, -0.1) is 0 Å². The van der Waals surface area contributed by atoms with Crippen molar-refractivity contribution in [2.24, 2.45) is 5.92 Å². The van der Waals surface area contributed by atoms with E-state index in [4.69, 9.17) is 5.11 Å². The maximum atomic E-state index is 10.6. The first-order chi connectivity index (χ1) is 6.11. The minimum atomic E-state index is -0.729. The standard InChI is InChI=1S/C9H18N2O2/c1-7(2)8-5-10-3-4-11(8)6-9(12)13/h7-8,10H,3-6H2,1-2H3,(H,12,13)/t8-/m0/s1. The second-order valence-electron chi connectivity index (χ2n) is 3.88. The summed E-state index contributed by atoms with van der Waals surface area (Å²) in [5, 5.41) is 12.0. The summed E-state index contributed by atoms with van der Waals surface area (Å²) in [7, 11) is 0. The largest absolute Gasteiger partial charge is 0.480 e. The Balaban J connectivity index is 2.51. The molecule has 13 heavy (non-hydrogen) atoms. The molecule has 0 amide bonds. The Bertz CT molecular complexity index is 182. The fourth-order valence-electron chi connectivity index (χ4n) is 1.79. The molecular weight excluding hydrogens is 168 g/mol. The van der Waals surface area contributed by atoms with Crippen LogP contribution >= 0.6 is 0 Å². The van der Waals surface area contributed by atoms with E-state index in [0.717, 1.165) is 19.6 Å². The molecule has 1 saturated heterocycles. The number of aliphatic carboxylic acids is 1. The third-order valence-electron chi connectivity index (χ3n) is 2.51. The first kappa shape index (κ1) is 10.5. The van der Waals surface area contributed by atoms with Gasteiger partial charge in [0.05, 0.1) is 6.54 Å². The number of carboxylic acid groups (broad SMARTS) is 1. The predicted molar refractivity (Wildman–Crippen MR) is 50.7 cm³/mol. The summed E-state index contributed by atoms with van der Waals surface area (Å²) >= 11 is 0. The minimum absolute atomic E-state index is 0.171. The van der Waals surface area contributed by atoms with Gasteiger partial charge in [0.25, 0.3) is 0 Å². The molecule has 0 aromatic carbocycles. The van der Waals surface area contributed by atoms with Gasteiger partial charge >= 0.3 is 5.97 Å². The second kappa shape index (κ2) is 4.58. The molecule has 1 rings (SSSR count). The van der Waals surface area contributed by atoms with E-state index in [1.54, 1.807) is 0 Å². The van der Waals surface area contributed by atoms with E-state index in [0.29, 0.717) is 12.0 Å². The Morgan fingerprint density at radius 1 is 1.69 bits per heavy atom. The SMILES string of the molecule is CC(C)[C@@H]1CNCCN1CC(=O)O. The molecule has 0 spiro atoms. The first-order valence-electron chi connectivity index (χ1n) is 4.78. The van der Waals surface area contributed by atoms with Crippen LogP contribution in [-0.4, -0.2) is 48.2 Å². The zero-order valence-electron chi connectivity index (χ0n) is 8.29. The van der Waals surface area contributed by atoms with Crippen molar-refractivity contribution in [2.45, 2.75) is 19.9 Å². The predicted octanol–water partition coefficient (Wildman–Crippen LogP) is 0.000800. The highest BCUT2D eigenvalue weighted by Gasteiger charge is 2.25. The van der Waals surface area contributed by atoms with E-state index in [2.05, 4.69) is 19.2 Å². The molecule has 1 aliphatic rings. The van der Waals surface area contributed by atoms with E-state index in [1.807, 2.05) is 4.90 Å². The van der Waals surface area contributed by atoms with Gasteiger partial charge in [-0.05, 0) is 5.92 Å². The van der Waals surface area contributed by atoms with Crippen LogP contribution in [0.1, 0.15) is 13.8 Å². The van der Waals surface area contributed by atoms with Crippen molar-refractivity contribution in [1.82, 2.24) is 10.2 Å². The molecule has 0 saturated carbocycles. The van der Waals surface area contributed by atoms with Crippen LogP contribution in [0.15, 0.2) is 0 Å². The molecule has 2 N–H and O–H groups in total. The highest BCUT2D eigenvalue weighted by Crippen LogP contribution is 2.11. The van der Waals surface area contributed by atoms with Crippen molar-refractivity contribution in [2.75, 3.05) is 26.2 Å². The van der Waals surface area contributed by atoms with Crippen molar-refractivity contribution in [3.05, 3.63) is 0 Å². The number of hydrogen-bond donors (Lipinski definition) is 2. The Labute approximate surface area is 78.9 Å². The van der Waals surface area contributed by atoms with Gasteiger partial charge in [-0.1, -0.05) is 13.8 Å². The van der Waals surface area contributed by atoms with E-state index < -0.39 is 5.97 Å². The van der Waals surface area contributed by atoms with Crippen molar-refractivity contribution in [3.63, 3.8) is 0 Å². The number of rotatable bonds is 3. The van der Waals surface area contributed by atoms with Crippen LogP contribution in [0.4, 0.5) is 0 Å². The Morgan fingerprint density at radius 3 is 2.92 bits per heavy atom. The van der Waals surface area contributed by atoms with Crippen LogP contribution < -0.4 is 5.32 Å². The van der Waals surface area contributed by atoms with Crippen LogP contribution in [-0.2, 0) is 4.79 Å². The molecule has 1 atom stereocenters. The third-order valence-corrected chi connectivity index (χ3v) is 2.51. The van der Waals surface area contributed by atoms with E-state index >= 15 is 0 Å². The summed E-state index contributed by atoms with van der Waals surface area (Å²) in [6.07, 6.45) is 0. The summed E-state index contributed by atoms with van der Waals surface area (Å²) in [6, 6.07) is 0.366. The van der Waals surface area contributed by atoms with Crippen molar-refractivity contribution in [3.8, 4) is 0 Å². The molecule has 0 bridgehead atoms. The topological polar surface area (TPSA) is 52.6 Å². The third kappa shape index (κ3) is 2.97. The maximum absolute atomic E-state index is 10.6. The highest BCUT2D eigenvalue weighted by molar-refractivity contribution is 5.69. The average molecular weight is 186 g/mol. The first-order valence-corrected chi connectivity index (χ1v) is 4.78. The van der Waals surface area contributed by atoms with Gasteiger partial charge in [0.15, 0.2) is 0 Å². The Hall–Kier alpha value is -0.610. The minimum Gasteiger partial charge on any atom is -0.480 e. The zero-order valence-corrected chi connectivity index (χ0v) is 8.29. The summed E-state index contributed by atoms with van der Waals surface area (Å²) in [4.78, 5) is 12.6. The van der Waals surface area contributed by atoms with Crippen molar-refractivity contribution in [1.29, 1.82) is 0 Å². The molecule has 4 nitrogen and oxygen atoms in total. The molecule has 0 aliphatic carbocycles. The smallest absolute Gasteiger partial charge is 0.317 e. The molecule has 4 heteroatoms. The van der Waals surface area contributed by atoms with Gasteiger partial charge in [0, 0.05) is 25.7 Å². The Kier molecular flexibility index (Phi) is 3.69. The molecule has 76 valence electrons. The fraction of sp³-hybridized carbons (Fsp3) is 0.889. The number of nitrogens with zero attached hydrogens (tertiary/aromatic N) is 1. The molecule has 0 radical (unpaired) electrons. The second-order valence-corrected chi connectivity index (χ2v) is 3.88. The monoisotopic (exact) mass is 186 g/mol. The molecule has 0 unspecified atom stereocenters. The lowest BCUT2D eigenvalue weighted by Gasteiger charge is -2.37. The molecule has 1 heterocycles. The number of hydrogen-bond acceptors (Lipinski definition) is 3. The van der Waals surface area contributed by atoms with Gasteiger partial charge in [-0.25, -0.2) is 0 Å². The lowest BCUT2D eigenvalue weighted by molar-refractivity contribution is -0.139. The van der Waals surface area contributed by atoms with Crippen molar-refractivity contribution >= 4 is 5.97 Å². The van der Waals surface area contributed by atoms with Gasteiger partial charge in [0.1, 0.15) is 0 Å². The van der Waals surface area contributed by atoms with Gasteiger partial charge in [-0.3, -0.25) is 9.69 Å². The summed E-state index contributed by atoms with van der Waals surface area (Å²) < 4.78 is 0. The summed E-state index contributed by atoms with van der Waals surface area (Å²) in [5.74, 6) is -0.222. The lowest BCUT2D eigenvalue weighted by Crippen LogP contribution is -2.54. The zero-order chi connectivity index (χ0) is 9.84. The van der Waals surface area contributed by atoms with Gasteiger partial charge in [0.2, 0.25) is 0 Å². The van der Waals surface area contributed by atoms with E-state index in [9.17, 15) is 4.79 Å². The molecule has 0 aromatic heterocycles. The van der Waals surface area contributed by atoms with Crippen LogP contribution in [0, 0.1) is 5.92 Å². The average Bonchev–Trinajstić information content (AvgIpc) is 2.03. The number of carboxylic acids is 1. The van der Waals surface area contributed by atoms with Crippen LogP contribution in [0.3, 0.4) is 0 Å². The van der Waals surface area contributed by atoms with Crippen LogP contribution in [0.2, 0.25) is 0 Å². The summed E-state index contributed by atoms with van der Waals surface area (Å²) in [6.45, 7) is 7.08. The van der Waals surface area contributed by atoms with E-state index in [-0.39, 0.29) is 6.54 Å². The molecular formula is C9H18N2O2. The van der Waals surface area contributed by atoms with Gasteiger partial charge in [-0.2, -0.15) is 0 Å². The number of piperazine rings is 1. The van der Waals surface area contributed by atoms with Gasteiger partial charge < -0.3 is 10.4 Å². The highest BCUT2D eigenvalue weighted by atomic mass is 16.4.